The van der Waals surface area contributed by atoms with E-state index in [1.54, 1.807) is 19.4 Å². The van der Waals surface area contributed by atoms with Crippen LogP contribution in [0.4, 0.5) is 0 Å². The fourth-order valence-electron chi connectivity index (χ4n) is 0.948. The molecule has 0 spiro atoms. The number of pyridine rings is 1. The highest BCUT2D eigenvalue weighted by Gasteiger charge is 2.04. The Morgan fingerprint density at radius 1 is 1.69 bits per heavy atom. The number of nitrogens with zero attached hydrogens (tertiary/aromatic N) is 1. The summed E-state index contributed by atoms with van der Waals surface area (Å²) in [5, 5.41) is 0. The number of methoxy groups -OCH3 is 1. The van der Waals surface area contributed by atoms with Crippen molar-refractivity contribution in [1.29, 1.82) is 0 Å². The van der Waals surface area contributed by atoms with Crippen LogP contribution in [0, 0.1) is 0 Å². The Balaban J connectivity index is 3.25. The zero-order valence-corrected chi connectivity index (χ0v) is 8.97. The van der Waals surface area contributed by atoms with Gasteiger partial charge in [-0.3, -0.25) is 4.98 Å². The van der Waals surface area contributed by atoms with E-state index in [4.69, 9.17) is 4.74 Å². The highest BCUT2D eigenvalue weighted by Crippen LogP contribution is 2.25. The van der Waals surface area contributed by atoms with Gasteiger partial charge in [0.25, 0.3) is 0 Å². The lowest BCUT2D eigenvalue weighted by atomic mass is 10.2. The summed E-state index contributed by atoms with van der Waals surface area (Å²) in [5.41, 5.74) is 1.69. The van der Waals surface area contributed by atoms with Gasteiger partial charge in [-0.15, -0.1) is 0 Å². The van der Waals surface area contributed by atoms with Crippen LogP contribution in [0.25, 0.3) is 10.6 Å². The molecule has 0 saturated heterocycles. The first kappa shape index (κ1) is 9.99. The van der Waals surface area contributed by atoms with E-state index in [1.165, 1.54) is 0 Å². The summed E-state index contributed by atoms with van der Waals surface area (Å²) in [4.78, 5) is 4.16. The van der Waals surface area contributed by atoms with Crippen LogP contribution in [0.3, 0.4) is 0 Å². The van der Waals surface area contributed by atoms with Crippen LogP contribution in [-0.4, -0.2) is 12.1 Å². The van der Waals surface area contributed by atoms with Crippen LogP contribution in [0.2, 0.25) is 0 Å². The summed E-state index contributed by atoms with van der Waals surface area (Å²) >= 11 is 3.30. The van der Waals surface area contributed by atoms with E-state index < -0.39 is 0 Å². The molecule has 0 atom stereocenters. The van der Waals surface area contributed by atoms with Gasteiger partial charge >= 0.3 is 0 Å². The van der Waals surface area contributed by atoms with Crippen molar-refractivity contribution >= 4 is 26.5 Å². The number of ether oxygens (including phenoxy) is 1. The van der Waals surface area contributed by atoms with Crippen molar-refractivity contribution in [3.05, 3.63) is 36.7 Å². The SMILES string of the molecule is C=Cc1ncc(OC)cc1C(=C)Br. The first-order valence-corrected chi connectivity index (χ1v) is 4.49. The standard InChI is InChI=1S/C10H10BrNO/c1-4-10-9(7(2)11)5-8(13-3)6-12-10/h4-6H,1-2H2,3H3. The van der Waals surface area contributed by atoms with Crippen molar-refractivity contribution in [2.24, 2.45) is 0 Å². The van der Waals surface area contributed by atoms with Crippen LogP contribution in [0.1, 0.15) is 11.3 Å². The highest BCUT2D eigenvalue weighted by atomic mass is 79.9. The van der Waals surface area contributed by atoms with Gasteiger partial charge in [0.15, 0.2) is 0 Å². The zero-order chi connectivity index (χ0) is 9.84. The van der Waals surface area contributed by atoms with Crippen LogP contribution < -0.4 is 4.74 Å². The topological polar surface area (TPSA) is 22.1 Å². The molecule has 0 N–H and O–H groups in total. The molecule has 0 fully saturated rings. The molecule has 0 amide bonds. The quantitative estimate of drug-likeness (QED) is 0.809. The molecule has 0 bridgehead atoms. The molecule has 2 nitrogen and oxygen atoms in total. The van der Waals surface area contributed by atoms with Gasteiger partial charge in [-0.2, -0.15) is 0 Å². The van der Waals surface area contributed by atoms with Gasteiger partial charge in [0.05, 0.1) is 19.0 Å². The molecule has 1 heterocycles. The van der Waals surface area contributed by atoms with E-state index in [2.05, 4.69) is 34.1 Å². The predicted octanol–water partition coefficient (Wildman–Crippen LogP) is 3.10. The molecule has 3 heteroatoms. The number of aromatic nitrogens is 1. The number of rotatable bonds is 3. The summed E-state index contributed by atoms with van der Waals surface area (Å²) < 4.78 is 5.82. The molecule has 0 saturated carbocycles. The Bertz CT molecular complexity index is 347. The Hall–Kier alpha value is -1.09. The maximum Gasteiger partial charge on any atom is 0.137 e. The Morgan fingerprint density at radius 3 is 2.85 bits per heavy atom. The van der Waals surface area contributed by atoms with E-state index in [1.807, 2.05) is 6.07 Å². The van der Waals surface area contributed by atoms with Crippen LogP contribution in [0.5, 0.6) is 5.75 Å². The van der Waals surface area contributed by atoms with Gasteiger partial charge in [-0.1, -0.05) is 29.1 Å². The molecule has 0 unspecified atom stereocenters. The minimum atomic E-state index is 0.709. The number of hydrogen-bond acceptors (Lipinski definition) is 2. The fourth-order valence-corrected chi connectivity index (χ4v) is 1.27. The lowest BCUT2D eigenvalue weighted by Gasteiger charge is -2.05. The van der Waals surface area contributed by atoms with Crippen molar-refractivity contribution in [2.45, 2.75) is 0 Å². The fraction of sp³-hybridized carbons (Fsp3) is 0.100. The van der Waals surface area contributed by atoms with Gasteiger partial charge in [-0.05, 0) is 12.1 Å². The van der Waals surface area contributed by atoms with Crippen molar-refractivity contribution in [3.63, 3.8) is 0 Å². The number of halogens is 1. The van der Waals surface area contributed by atoms with Crippen LogP contribution in [-0.2, 0) is 0 Å². The molecule has 0 radical (unpaired) electrons. The van der Waals surface area contributed by atoms with E-state index in [0.29, 0.717) is 5.75 Å². The third-order valence-corrected chi connectivity index (χ3v) is 2.04. The molecule has 0 aliphatic heterocycles. The molecule has 1 rings (SSSR count). The summed E-state index contributed by atoms with van der Waals surface area (Å²) in [6, 6.07) is 1.86. The molecule has 68 valence electrons. The molecule has 1 aromatic rings. The average molecular weight is 240 g/mol. The van der Waals surface area contributed by atoms with Crippen molar-refractivity contribution < 1.29 is 4.74 Å². The van der Waals surface area contributed by atoms with Crippen molar-refractivity contribution in [1.82, 2.24) is 4.98 Å². The smallest absolute Gasteiger partial charge is 0.137 e. The normalized spacial score (nSPS) is 9.38. The minimum absolute atomic E-state index is 0.709. The maximum atomic E-state index is 5.05. The Labute approximate surface area is 86.1 Å². The van der Waals surface area contributed by atoms with Gasteiger partial charge in [0.2, 0.25) is 0 Å². The molecule has 0 aromatic carbocycles. The van der Waals surface area contributed by atoms with Crippen LogP contribution in [0.15, 0.2) is 25.4 Å². The number of hydrogen-bond donors (Lipinski definition) is 0. The highest BCUT2D eigenvalue weighted by molar-refractivity contribution is 9.15. The molecular formula is C10H10BrNO. The second-order valence-electron chi connectivity index (χ2n) is 2.42. The lowest BCUT2D eigenvalue weighted by molar-refractivity contribution is 0.412. The summed E-state index contributed by atoms with van der Waals surface area (Å²) in [6.45, 7) is 7.45. The third-order valence-electron chi connectivity index (χ3n) is 1.61. The van der Waals surface area contributed by atoms with Crippen molar-refractivity contribution in [3.8, 4) is 5.75 Å². The second-order valence-corrected chi connectivity index (χ2v) is 3.37. The summed E-state index contributed by atoms with van der Waals surface area (Å²) in [7, 11) is 1.60. The Morgan fingerprint density at radius 2 is 2.38 bits per heavy atom. The molecule has 13 heavy (non-hydrogen) atoms. The van der Waals surface area contributed by atoms with Gasteiger partial charge < -0.3 is 4.74 Å². The van der Waals surface area contributed by atoms with E-state index in [0.717, 1.165) is 15.7 Å². The monoisotopic (exact) mass is 239 g/mol. The molecule has 0 aliphatic carbocycles. The predicted molar refractivity (Wildman–Crippen MR) is 58.8 cm³/mol. The van der Waals surface area contributed by atoms with Crippen molar-refractivity contribution in [2.75, 3.05) is 7.11 Å². The first-order valence-electron chi connectivity index (χ1n) is 3.70. The zero-order valence-electron chi connectivity index (χ0n) is 7.38. The van der Waals surface area contributed by atoms with E-state index in [-0.39, 0.29) is 0 Å². The molecule has 1 aromatic heterocycles. The molecular weight excluding hydrogens is 230 g/mol. The maximum absolute atomic E-state index is 5.05. The first-order chi connectivity index (χ1) is 6.19. The van der Waals surface area contributed by atoms with Gasteiger partial charge in [0.1, 0.15) is 5.75 Å². The largest absolute Gasteiger partial charge is 0.495 e. The van der Waals surface area contributed by atoms with E-state index >= 15 is 0 Å². The lowest BCUT2D eigenvalue weighted by Crippen LogP contribution is -1.91. The van der Waals surface area contributed by atoms with Crippen LogP contribution >= 0.6 is 15.9 Å². The third kappa shape index (κ3) is 2.18. The van der Waals surface area contributed by atoms with Gasteiger partial charge in [0, 0.05) is 10.0 Å². The Kier molecular flexibility index (Phi) is 3.25. The van der Waals surface area contributed by atoms with E-state index in [9.17, 15) is 0 Å². The average Bonchev–Trinajstić information content (AvgIpc) is 2.16. The minimum Gasteiger partial charge on any atom is -0.495 e. The summed E-state index contributed by atoms with van der Waals surface area (Å²) in [6.07, 6.45) is 3.33. The molecule has 0 aliphatic rings. The second kappa shape index (κ2) is 4.23. The summed E-state index contributed by atoms with van der Waals surface area (Å²) in [5.74, 6) is 0.709. The van der Waals surface area contributed by atoms with Gasteiger partial charge in [-0.25, -0.2) is 0 Å².